The van der Waals surface area contributed by atoms with Crippen LogP contribution < -0.4 is 5.32 Å². The van der Waals surface area contributed by atoms with Crippen LogP contribution in [-0.4, -0.2) is 27.8 Å². The first-order chi connectivity index (χ1) is 6.72. The lowest BCUT2D eigenvalue weighted by molar-refractivity contribution is 0.568. The number of aromatic nitrogens is 2. The zero-order valence-corrected chi connectivity index (χ0v) is 9.97. The minimum absolute atomic E-state index is 0.520. The van der Waals surface area contributed by atoms with Gasteiger partial charge in [-0.25, -0.2) is 0 Å². The van der Waals surface area contributed by atoms with Gasteiger partial charge in [0, 0.05) is 31.1 Å². The first-order valence-corrected chi connectivity index (χ1v) is 6.36. The van der Waals surface area contributed by atoms with Crippen LogP contribution in [0.15, 0.2) is 12.3 Å². The Hall–Kier alpha value is -0.480. The molecule has 0 bridgehead atoms. The van der Waals surface area contributed by atoms with Crippen LogP contribution in [-0.2, 0) is 13.1 Å². The Bertz CT molecular complexity index is 258. The van der Waals surface area contributed by atoms with Crippen molar-refractivity contribution in [2.45, 2.75) is 33.0 Å². The summed E-state index contributed by atoms with van der Waals surface area (Å²) in [5.74, 6) is 1.12. The molecule has 0 atom stereocenters. The minimum atomic E-state index is 0.520. The predicted octanol–water partition coefficient (Wildman–Crippen LogP) is 1.74. The second kappa shape index (κ2) is 6.09. The van der Waals surface area contributed by atoms with Crippen LogP contribution in [0.4, 0.5) is 0 Å². The second-order valence-electron chi connectivity index (χ2n) is 3.60. The highest BCUT2D eigenvalue weighted by Crippen LogP contribution is 1.99. The van der Waals surface area contributed by atoms with Crippen molar-refractivity contribution in [2.75, 3.05) is 12.0 Å². The standard InChI is InChI=1S/C10H19N3S/c1-9(2)11-8-10-4-5-13(12-10)6-7-14-3/h4-5,9,11H,6-8H2,1-3H3. The summed E-state index contributed by atoms with van der Waals surface area (Å²) in [6.07, 6.45) is 4.16. The van der Waals surface area contributed by atoms with Gasteiger partial charge in [-0.15, -0.1) is 0 Å². The molecule has 0 unspecified atom stereocenters. The van der Waals surface area contributed by atoms with E-state index >= 15 is 0 Å². The molecule has 1 aromatic rings. The van der Waals surface area contributed by atoms with E-state index in [1.165, 1.54) is 0 Å². The van der Waals surface area contributed by atoms with Gasteiger partial charge in [0.25, 0.3) is 0 Å². The van der Waals surface area contributed by atoms with Crippen molar-refractivity contribution < 1.29 is 0 Å². The summed E-state index contributed by atoms with van der Waals surface area (Å²) in [5.41, 5.74) is 1.12. The molecular weight excluding hydrogens is 194 g/mol. The zero-order valence-electron chi connectivity index (χ0n) is 9.16. The fraction of sp³-hybridized carbons (Fsp3) is 0.700. The molecule has 0 aliphatic carbocycles. The first kappa shape index (κ1) is 11.6. The highest BCUT2D eigenvalue weighted by atomic mass is 32.2. The molecule has 0 aliphatic heterocycles. The zero-order chi connectivity index (χ0) is 10.4. The van der Waals surface area contributed by atoms with E-state index in [1.54, 1.807) is 0 Å². The molecule has 1 rings (SSSR count). The Morgan fingerprint density at radius 3 is 3.00 bits per heavy atom. The monoisotopic (exact) mass is 213 g/mol. The lowest BCUT2D eigenvalue weighted by Crippen LogP contribution is -2.22. The molecule has 4 heteroatoms. The summed E-state index contributed by atoms with van der Waals surface area (Å²) in [6, 6.07) is 2.60. The summed E-state index contributed by atoms with van der Waals surface area (Å²) in [7, 11) is 0. The third-order valence-electron chi connectivity index (χ3n) is 1.91. The molecular formula is C10H19N3S. The van der Waals surface area contributed by atoms with Gasteiger partial charge in [-0.3, -0.25) is 4.68 Å². The van der Waals surface area contributed by atoms with E-state index in [0.29, 0.717) is 6.04 Å². The normalized spacial score (nSPS) is 11.1. The number of thioether (sulfide) groups is 1. The minimum Gasteiger partial charge on any atom is -0.309 e. The van der Waals surface area contributed by atoms with Gasteiger partial charge in [0.2, 0.25) is 0 Å². The largest absolute Gasteiger partial charge is 0.309 e. The number of hydrogen-bond acceptors (Lipinski definition) is 3. The number of hydrogen-bond donors (Lipinski definition) is 1. The molecule has 3 nitrogen and oxygen atoms in total. The summed E-state index contributed by atoms with van der Waals surface area (Å²) in [5, 5.41) is 7.81. The van der Waals surface area contributed by atoms with Crippen molar-refractivity contribution in [2.24, 2.45) is 0 Å². The molecule has 0 radical (unpaired) electrons. The van der Waals surface area contributed by atoms with Gasteiger partial charge in [-0.2, -0.15) is 16.9 Å². The van der Waals surface area contributed by atoms with Crippen LogP contribution in [0.2, 0.25) is 0 Å². The maximum Gasteiger partial charge on any atom is 0.0762 e. The first-order valence-electron chi connectivity index (χ1n) is 4.97. The third kappa shape index (κ3) is 4.15. The molecule has 1 heterocycles. The predicted molar refractivity (Wildman–Crippen MR) is 62.6 cm³/mol. The average Bonchev–Trinajstić information content (AvgIpc) is 2.59. The smallest absolute Gasteiger partial charge is 0.0762 e. The Kier molecular flexibility index (Phi) is 5.04. The molecule has 0 saturated heterocycles. The van der Waals surface area contributed by atoms with Crippen LogP contribution in [0.3, 0.4) is 0 Å². The Morgan fingerprint density at radius 2 is 2.36 bits per heavy atom. The summed E-state index contributed by atoms with van der Waals surface area (Å²) in [4.78, 5) is 0. The van der Waals surface area contributed by atoms with Crippen LogP contribution in [0.1, 0.15) is 19.5 Å². The Balaban J connectivity index is 2.35. The van der Waals surface area contributed by atoms with Crippen molar-refractivity contribution in [1.82, 2.24) is 15.1 Å². The van der Waals surface area contributed by atoms with Crippen LogP contribution >= 0.6 is 11.8 Å². The molecule has 1 N–H and O–H groups in total. The van der Waals surface area contributed by atoms with Crippen molar-refractivity contribution in [1.29, 1.82) is 0 Å². The highest BCUT2D eigenvalue weighted by Gasteiger charge is 1.99. The van der Waals surface area contributed by atoms with Gasteiger partial charge in [-0.05, 0) is 12.3 Å². The molecule has 14 heavy (non-hydrogen) atoms. The van der Waals surface area contributed by atoms with E-state index in [4.69, 9.17) is 0 Å². The maximum atomic E-state index is 4.46. The van der Waals surface area contributed by atoms with E-state index in [9.17, 15) is 0 Å². The Labute approximate surface area is 90.3 Å². The quantitative estimate of drug-likeness (QED) is 0.780. The summed E-state index contributed by atoms with van der Waals surface area (Å²) in [6.45, 7) is 6.15. The third-order valence-corrected chi connectivity index (χ3v) is 2.50. The number of aryl methyl sites for hydroxylation is 1. The van der Waals surface area contributed by atoms with Crippen LogP contribution in [0, 0.1) is 0 Å². The van der Waals surface area contributed by atoms with Gasteiger partial charge in [0.05, 0.1) is 5.69 Å². The number of nitrogens with one attached hydrogen (secondary N) is 1. The lowest BCUT2D eigenvalue weighted by Gasteiger charge is -2.05. The summed E-state index contributed by atoms with van der Waals surface area (Å²) < 4.78 is 2.01. The van der Waals surface area contributed by atoms with E-state index in [-0.39, 0.29) is 0 Å². The van der Waals surface area contributed by atoms with Crippen LogP contribution in [0.5, 0.6) is 0 Å². The van der Waals surface area contributed by atoms with Crippen LogP contribution in [0.25, 0.3) is 0 Å². The molecule has 0 saturated carbocycles. The highest BCUT2D eigenvalue weighted by molar-refractivity contribution is 7.98. The van der Waals surface area contributed by atoms with Gasteiger partial charge in [0.15, 0.2) is 0 Å². The molecule has 0 fully saturated rings. The maximum absolute atomic E-state index is 4.46. The van der Waals surface area contributed by atoms with Gasteiger partial charge in [-0.1, -0.05) is 13.8 Å². The fourth-order valence-electron chi connectivity index (χ4n) is 1.12. The fourth-order valence-corrected chi connectivity index (χ4v) is 1.49. The van der Waals surface area contributed by atoms with Crippen molar-refractivity contribution in [3.63, 3.8) is 0 Å². The molecule has 1 aromatic heterocycles. The molecule has 0 aromatic carbocycles. The van der Waals surface area contributed by atoms with Crippen molar-refractivity contribution in [3.05, 3.63) is 18.0 Å². The number of rotatable bonds is 6. The van der Waals surface area contributed by atoms with E-state index in [1.807, 2.05) is 22.6 Å². The molecule has 0 spiro atoms. The second-order valence-corrected chi connectivity index (χ2v) is 4.58. The molecule has 0 amide bonds. The van der Waals surface area contributed by atoms with E-state index in [0.717, 1.165) is 24.5 Å². The van der Waals surface area contributed by atoms with Gasteiger partial charge < -0.3 is 5.32 Å². The Morgan fingerprint density at radius 1 is 1.57 bits per heavy atom. The van der Waals surface area contributed by atoms with Gasteiger partial charge >= 0.3 is 0 Å². The molecule has 80 valence electrons. The van der Waals surface area contributed by atoms with Crippen molar-refractivity contribution in [3.8, 4) is 0 Å². The van der Waals surface area contributed by atoms with Crippen molar-refractivity contribution >= 4 is 11.8 Å². The topological polar surface area (TPSA) is 29.9 Å². The average molecular weight is 213 g/mol. The van der Waals surface area contributed by atoms with E-state index < -0.39 is 0 Å². The molecule has 0 aliphatic rings. The summed E-state index contributed by atoms with van der Waals surface area (Å²) >= 11 is 1.85. The lowest BCUT2D eigenvalue weighted by atomic mass is 10.3. The SMILES string of the molecule is CSCCn1ccc(CNC(C)C)n1. The van der Waals surface area contributed by atoms with E-state index in [2.05, 4.69) is 36.6 Å². The number of nitrogens with zero attached hydrogens (tertiary/aromatic N) is 2. The van der Waals surface area contributed by atoms with Gasteiger partial charge in [0.1, 0.15) is 0 Å².